The van der Waals surface area contributed by atoms with Crippen molar-refractivity contribution in [2.24, 2.45) is 5.92 Å². The van der Waals surface area contributed by atoms with Gasteiger partial charge in [-0.05, 0) is 19.8 Å². The van der Waals surface area contributed by atoms with Crippen molar-refractivity contribution >= 4 is 12.0 Å². The minimum atomic E-state index is -1.05. The molecule has 2 atom stereocenters. The van der Waals surface area contributed by atoms with Crippen LogP contribution in [0.1, 0.15) is 34.1 Å². The molecule has 0 aromatic heterocycles. The van der Waals surface area contributed by atoms with Crippen LogP contribution in [0.3, 0.4) is 0 Å². The van der Waals surface area contributed by atoms with Crippen LogP contribution in [0.25, 0.3) is 0 Å². The van der Waals surface area contributed by atoms with Gasteiger partial charge in [0.05, 0.1) is 5.54 Å². The predicted octanol–water partition coefficient (Wildman–Crippen LogP) is 1.20. The van der Waals surface area contributed by atoms with Gasteiger partial charge in [-0.2, -0.15) is 0 Å². The average Bonchev–Trinajstić information content (AvgIpc) is 2.24. The van der Waals surface area contributed by atoms with Crippen LogP contribution in [0.5, 0.6) is 0 Å². The fourth-order valence-corrected chi connectivity index (χ4v) is 1.18. The van der Waals surface area contributed by atoms with Gasteiger partial charge < -0.3 is 15.7 Å². The number of hydrogen-bond donors (Lipinski definition) is 3. The molecule has 0 saturated heterocycles. The van der Waals surface area contributed by atoms with E-state index in [0.29, 0.717) is 6.42 Å². The maximum Gasteiger partial charge on any atom is 0.326 e. The molecule has 0 bridgehead atoms. The molecule has 0 aromatic rings. The average molecular weight is 240 g/mol. The van der Waals surface area contributed by atoms with Crippen LogP contribution in [0.15, 0.2) is 0 Å². The number of carbonyl (C=O) groups is 2. The first-order valence-electron chi connectivity index (χ1n) is 5.52. The molecule has 17 heavy (non-hydrogen) atoms. The van der Waals surface area contributed by atoms with E-state index in [9.17, 15) is 9.59 Å². The summed E-state index contributed by atoms with van der Waals surface area (Å²) in [6.45, 7) is 6.95. The highest BCUT2D eigenvalue weighted by molar-refractivity contribution is 5.83. The normalized spacial score (nSPS) is 14.3. The van der Waals surface area contributed by atoms with Crippen molar-refractivity contribution in [1.82, 2.24) is 10.6 Å². The summed E-state index contributed by atoms with van der Waals surface area (Å²) in [5.74, 6) is 1.20. The lowest BCUT2D eigenvalue weighted by Gasteiger charge is -2.24. The number of carbonyl (C=O) groups excluding carboxylic acids is 1. The molecule has 5 nitrogen and oxygen atoms in total. The molecule has 0 fully saturated rings. The van der Waals surface area contributed by atoms with Gasteiger partial charge in [0.15, 0.2) is 0 Å². The summed E-state index contributed by atoms with van der Waals surface area (Å²) in [6, 6.07) is -1.48. The van der Waals surface area contributed by atoms with E-state index >= 15 is 0 Å². The summed E-state index contributed by atoms with van der Waals surface area (Å²) in [4.78, 5) is 22.6. The lowest BCUT2D eigenvalue weighted by atomic mass is 9.99. The van der Waals surface area contributed by atoms with Crippen LogP contribution in [-0.2, 0) is 4.79 Å². The Morgan fingerprint density at radius 3 is 2.35 bits per heavy atom. The molecule has 0 aliphatic carbocycles. The number of nitrogens with one attached hydrogen (secondary N) is 2. The number of carboxylic acids is 1. The highest BCUT2D eigenvalue weighted by Gasteiger charge is 2.27. The number of terminal acetylenes is 1. The molecule has 0 radical (unpaired) electrons. The van der Waals surface area contributed by atoms with Crippen LogP contribution in [-0.4, -0.2) is 28.7 Å². The molecule has 2 unspecified atom stereocenters. The Bertz CT molecular complexity index is 331. The number of aliphatic carboxylic acids is 1. The van der Waals surface area contributed by atoms with Crippen LogP contribution < -0.4 is 10.6 Å². The van der Waals surface area contributed by atoms with Gasteiger partial charge in [0.1, 0.15) is 6.04 Å². The van der Waals surface area contributed by atoms with Crippen LogP contribution in [0.4, 0.5) is 4.79 Å². The van der Waals surface area contributed by atoms with Crippen molar-refractivity contribution < 1.29 is 14.7 Å². The standard InChI is InChI=1S/C12H20N2O3/c1-6-8(3)9(10(15)16)13-11(17)14-12(4,5)7-2/h2,8-9H,6H2,1,3-5H3,(H,15,16)(H2,13,14,17). The third-order valence-corrected chi connectivity index (χ3v) is 2.55. The molecule has 5 heteroatoms. The molecule has 3 N–H and O–H groups in total. The quantitative estimate of drug-likeness (QED) is 0.632. The van der Waals surface area contributed by atoms with E-state index in [0.717, 1.165) is 0 Å². The van der Waals surface area contributed by atoms with Crippen LogP contribution >= 0.6 is 0 Å². The van der Waals surface area contributed by atoms with E-state index in [2.05, 4.69) is 16.6 Å². The molecule has 0 spiro atoms. The van der Waals surface area contributed by atoms with Gasteiger partial charge in [-0.15, -0.1) is 6.42 Å². The number of amides is 2. The first kappa shape index (κ1) is 15.3. The summed E-state index contributed by atoms with van der Waals surface area (Å²) < 4.78 is 0. The Labute approximate surface area is 102 Å². The van der Waals surface area contributed by atoms with Crippen molar-refractivity contribution in [3.63, 3.8) is 0 Å². The molecular formula is C12H20N2O3. The van der Waals surface area contributed by atoms with E-state index in [1.807, 2.05) is 6.92 Å². The van der Waals surface area contributed by atoms with Gasteiger partial charge in [-0.25, -0.2) is 9.59 Å². The van der Waals surface area contributed by atoms with Gasteiger partial charge in [0.25, 0.3) is 0 Å². The van der Waals surface area contributed by atoms with Gasteiger partial charge in [-0.3, -0.25) is 0 Å². The Hall–Kier alpha value is -1.70. The fraction of sp³-hybridized carbons (Fsp3) is 0.667. The van der Waals surface area contributed by atoms with Crippen LogP contribution in [0.2, 0.25) is 0 Å². The minimum absolute atomic E-state index is 0.146. The SMILES string of the molecule is C#CC(C)(C)NC(=O)NC(C(=O)O)C(C)CC. The second-order valence-corrected chi connectivity index (χ2v) is 4.57. The third kappa shape index (κ3) is 5.25. The fourth-order valence-electron chi connectivity index (χ4n) is 1.18. The summed E-state index contributed by atoms with van der Waals surface area (Å²) in [6.07, 6.45) is 5.88. The summed E-state index contributed by atoms with van der Waals surface area (Å²) in [5, 5.41) is 13.9. The molecule has 96 valence electrons. The maximum atomic E-state index is 11.6. The highest BCUT2D eigenvalue weighted by Crippen LogP contribution is 2.08. The van der Waals surface area contributed by atoms with E-state index in [4.69, 9.17) is 11.5 Å². The number of rotatable bonds is 5. The van der Waals surface area contributed by atoms with E-state index in [-0.39, 0.29) is 5.92 Å². The van der Waals surface area contributed by atoms with E-state index in [1.54, 1.807) is 20.8 Å². The second-order valence-electron chi connectivity index (χ2n) is 4.57. The lowest BCUT2D eigenvalue weighted by molar-refractivity contribution is -0.140. The zero-order chi connectivity index (χ0) is 13.6. The van der Waals surface area contributed by atoms with Gasteiger partial charge in [0, 0.05) is 0 Å². The van der Waals surface area contributed by atoms with Crippen LogP contribution in [0, 0.1) is 18.3 Å². The Morgan fingerprint density at radius 2 is 2.00 bits per heavy atom. The first-order valence-corrected chi connectivity index (χ1v) is 5.52. The number of urea groups is 1. The van der Waals surface area contributed by atoms with Crippen molar-refractivity contribution in [3.05, 3.63) is 0 Å². The molecule has 0 heterocycles. The Kier molecular flexibility index (Phi) is 5.52. The highest BCUT2D eigenvalue weighted by atomic mass is 16.4. The van der Waals surface area contributed by atoms with E-state index in [1.165, 1.54) is 0 Å². The molecule has 2 amide bonds. The molecular weight excluding hydrogens is 220 g/mol. The van der Waals surface area contributed by atoms with Gasteiger partial charge in [-0.1, -0.05) is 26.2 Å². The van der Waals surface area contributed by atoms with E-state index < -0.39 is 23.6 Å². The summed E-state index contributed by atoms with van der Waals surface area (Å²) >= 11 is 0. The zero-order valence-electron chi connectivity index (χ0n) is 10.7. The first-order chi connectivity index (χ1) is 7.73. The third-order valence-electron chi connectivity index (χ3n) is 2.55. The zero-order valence-corrected chi connectivity index (χ0v) is 10.7. The topological polar surface area (TPSA) is 78.4 Å². The monoisotopic (exact) mass is 240 g/mol. The van der Waals surface area contributed by atoms with Gasteiger partial charge in [0.2, 0.25) is 0 Å². The molecule has 0 aliphatic heterocycles. The van der Waals surface area contributed by atoms with Gasteiger partial charge >= 0.3 is 12.0 Å². The Balaban J connectivity index is 4.54. The molecule has 0 aliphatic rings. The van der Waals surface area contributed by atoms with Crippen molar-refractivity contribution in [2.45, 2.75) is 45.7 Å². The number of carboxylic acid groups (broad SMARTS) is 1. The number of hydrogen-bond acceptors (Lipinski definition) is 2. The van der Waals surface area contributed by atoms with Crippen molar-refractivity contribution in [2.75, 3.05) is 0 Å². The molecule has 0 aromatic carbocycles. The smallest absolute Gasteiger partial charge is 0.326 e. The Morgan fingerprint density at radius 1 is 1.47 bits per heavy atom. The predicted molar refractivity (Wildman–Crippen MR) is 65.5 cm³/mol. The van der Waals surface area contributed by atoms with Crippen molar-refractivity contribution in [1.29, 1.82) is 0 Å². The molecule has 0 saturated carbocycles. The van der Waals surface area contributed by atoms with Crippen molar-refractivity contribution in [3.8, 4) is 12.3 Å². The minimum Gasteiger partial charge on any atom is -0.480 e. The maximum absolute atomic E-state index is 11.6. The second kappa shape index (κ2) is 6.14. The lowest BCUT2D eigenvalue weighted by Crippen LogP contribution is -2.53. The largest absolute Gasteiger partial charge is 0.480 e. The molecule has 0 rings (SSSR count). The summed E-state index contributed by atoms with van der Waals surface area (Å²) in [5.41, 5.74) is -0.803. The summed E-state index contributed by atoms with van der Waals surface area (Å²) in [7, 11) is 0.